The van der Waals surface area contributed by atoms with Gasteiger partial charge in [-0.2, -0.15) is 5.10 Å². The van der Waals surface area contributed by atoms with Crippen molar-refractivity contribution >= 4 is 32.6 Å². The Labute approximate surface area is 296 Å². The zero-order chi connectivity index (χ0) is 33.7. The molecule has 0 radical (unpaired) electrons. The summed E-state index contributed by atoms with van der Waals surface area (Å²) in [5, 5.41) is 13.9. The van der Waals surface area contributed by atoms with Gasteiger partial charge in [-0.05, 0) is 62.8 Å². The number of ether oxygens (including phenoxy) is 2. The minimum Gasteiger partial charge on any atom is -0.464 e. The molecule has 1 aliphatic carbocycles. The molecular formula is C36H61N6O6P. The summed E-state index contributed by atoms with van der Waals surface area (Å²) in [6.07, 6.45) is 10.2. The largest absolute Gasteiger partial charge is 0.464 e. The first-order valence-corrected chi connectivity index (χ1v) is 16.6. The Bertz CT molecular complexity index is 1300. The highest BCUT2D eigenvalue weighted by molar-refractivity contribution is 7.26. The lowest BCUT2D eigenvalue weighted by atomic mass is 9.87. The Hall–Kier alpha value is -3.62. The number of nitrogens with zero attached hydrogens (tertiary/aromatic N) is 4. The minimum absolute atomic E-state index is 0. The number of hydrogen-bond acceptors (Lipinski definition) is 11. The van der Waals surface area contributed by atoms with Crippen LogP contribution >= 0.6 is 9.03 Å². The van der Waals surface area contributed by atoms with Crippen molar-refractivity contribution in [3.05, 3.63) is 54.5 Å². The van der Waals surface area contributed by atoms with Crippen LogP contribution in [0.4, 0.5) is 5.82 Å². The Morgan fingerprint density at radius 3 is 2.33 bits per heavy atom. The Morgan fingerprint density at radius 1 is 1.12 bits per heavy atom. The van der Waals surface area contributed by atoms with Gasteiger partial charge in [0.05, 0.1) is 25.0 Å². The van der Waals surface area contributed by atoms with E-state index in [9.17, 15) is 9.59 Å². The van der Waals surface area contributed by atoms with E-state index >= 15 is 0 Å². The summed E-state index contributed by atoms with van der Waals surface area (Å²) in [7, 11) is 1.82. The highest BCUT2D eigenvalue weighted by atomic mass is 31.1. The maximum atomic E-state index is 10.9. The molecular weight excluding hydrogens is 643 g/mol. The quantitative estimate of drug-likeness (QED) is 0.0768. The number of hydrogen-bond donors (Lipinski definition) is 2. The summed E-state index contributed by atoms with van der Waals surface area (Å²) in [4.78, 5) is 25.0. The zero-order valence-electron chi connectivity index (χ0n) is 27.3. The van der Waals surface area contributed by atoms with E-state index in [4.69, 9.17) is 29.5 Å². The molecule has 2 aliphatic rings. The molecule has 3 aromatic rings. The van der Waals surface area contributed by atoms with Crippen molar-refractivity contribution in [1.82, 2.24) is 14.6 Å². The number of benzene rings is 1. The maximum Gasteiger partial charge on any atom is 0.322 e. The lowest BCUT2D eigenvalue weighted by Gasteiger charge is -2.17. The number of nitrogens with two attached hydrogens (primary N) is 1. The number of nitrogens with one attached hydrogen (secondary N) is 1. The fraction of sp³-hybridized carbons (Fsp3) is 0.583. The highest BCUT2D eigenvalue weighted by Gasteiger charge is 2.29. The molecule has 1 saturated heterocycles. The third kappa shape index (κ3) is 16.1. The molecule has 5 rings (SSSR count). The number of fused-ring (bicyclic) bond motifs is 1. The van der Waals surface area contributed by atoms with E-state index in [2.05, 4.69) is 41.9 Å². The van der Waals surface area contributed by atoms with Crippen LogP contribution in [-0.4, -0.2) is 59.3 Å². The van der Waals surface area contributed by atoms with Gasteiger partial charge in [-0.15, -0.1) is 0 Å². The highest BCUT2D eigenvalue weighted by Crippen LogP contribution is 2.35. The molecule has 12 nitrogen and oxygen atoms in total. The molecule has 3 heterocycles. The van der Waals surface area contributed by atoms with Crippen molar-refractivity contribution in [3.63, 3.8) is 0 Å². The number of para-hydroxylation sites is 1. The number of carbonyl (C=O) groups is 2. The Morgan fingerprint density at radius 2 is 1.80 bits per heavy atom. The average Bonchev–Trinajstić information content (AvgIpc) is 3.72. The van der Waals surface area contributed by atoms with E-state index in [0.29, 0.717) is 25.0 Å². The number of carbonyl (C=O) groups excluding carboxylic acids is 2. The van der Waals surface area contributed by atoms with Crippen molar-refractivity contribution < 1.29 is 28.1 Å². The molecule has 2 aromatic heterocycles. The Balaban J connectivity index is 0. The van der Waals surface area contributed by atoms with Crippen LogP contribution in [-0.2, 0) is 23.6 Å². The van der Waals surface area contributed by atoms with Crippen LogP contribution in [0.1, 0.15) is 99.8 Å². The van der Waals surface area contributed by atoms with E-state index < -0.39 is 6.04 Å². The minimum atomic E-state index is -0.501. The van der Waals surface area contributed by atoms with Crippen LogP contribution in [0.3, 0.4) is 0 Å². The van der Waals surface area contributed by atoms with Gasteiger partial charge in [0.25, 0.3) is 0 Å². The van der Waals surface area contributed by atoms with E-state index in [1.54, 1.807) is 13.3 Å². The second-order valence-corrected chi connectivity index (χ2v) is 11.6. The monoisotopic (exact) mass is 704 g/mol. The normalized spacial score (nSPS) is 16.7. The van der Waals surface area contributed by atoms with E-state index in [1.165, 1.54) is 6.42 Å². The van der Waals surface area contributed by atoms with Gasteiger partial charge in [-0.1, -0.05) is 73.6 Å². The van der Waals surface area contributed by atoms with Crippen LogP contribution < -0.4 is 15.6 Å². The number of aromatic nitrogens is 3. The lowest BCUT2D eigenvalue weighted by molar-refractivity contribution is -0.146. The molecule has 0 amide bonds. The summed E-state index contributed by atoms with van der Waals surface area (Å²) < 4.78 is 24.3. The summed E-state index contributed by atoms with van der Waals surface area (Å²) in [5.74, 6) is 2.23. The zero-order valence-corrected chi connectivity index (χ0v) is 28.3. The van der Waals surface area contributed by atoms with Crippen molar-refractivity contribution in [2.75, 3.05) is 25.6 Å². The van der Waals surface area contributed by atoms with Gasteiger partial charge in [0.1, 0.15) is 36.0 Å². The molecule has 1 aromatic carbocycles. The molecule has 0 bridgehead atoms. The first-order chi connectivity index (χ1) is 22.4. The van der Waals surface area contributed by atoms with Crippen molar-refractivity contribution in [2.45, 2.75) is 106 Å². The number of esters is 1. The molecule has 1 saturated carbocycles. The average molecular weight is 705 g/mol. The van der Waals surface area contributed by atoms with Gasteiger partial charge in [-0.3, -0.25) is 4.79 Å². The summed E-state index contributed by atoms with van der Waals surface area (Å²) >= 11 is 0. The third-order valence-electron chi connectivity index (χ3n) is 7.72. The van der Waals surface area contributed by atoms with Gasteiger partial charge >= 0.3 is 5.97 Å². The summed E-state index contributed by atoms with van der Waals surface area (Å²) in [5.41, 5.74) is 7.33. The molecule has 49 heavy (non-hydrogen) atoms. The molecule has 4 atom stereocenters. The van der Waals surface area contributed by atoms with Gasteiger partial charge in [0.15, 0.2) is 5.82 Å². The molecule has 0 spiro atoms. The van der Waals surface area contributed by atoms with E-state index in [-0.39, 0.29) is 49.5 Å². The molecule has 4 unspecified atom stereocenters. The lowest BCUT2D eigenvalue weighted by Crippen LogP contribution is -2.30. The van der Waals surface area contributed by atoms with Gasteiger partial charge in [-0.25, -0.2) is 14.8 Å². The predicted octanol–water partition coefficient (Wildman–Crippen LogP) is 7.94. The second kappa shape index (κ2) is 27.2. The number of aldehydes is 1. The number of nitriles is 1. The third-order valence-corrected chi connectivity index (χ3v) is 8.32. The molecule has 276 valence electrons. The molecule has 1 aliphatic heterocycles. The number of anilines is 1. The SMILES string of the molecule is C.C.C.C#N.CCC(CC)COC(=O)C(C)N.CNc1ncnn2c(C3CCC(COPOc4ccccc4)O3)ccc12.O=CC1CCC1. The summed E-state index contributed by atoms with van der Waals surface area (Å²) in [6.45, 7) is 10.4. The first-order valence-electron chi connectivity index (χ1n) is 15.8. The van der Waals surface area contributed by atoms with Gasteiger partial charge < -0.3 is 34.4 Å². The van der Waals surface area contributed by atoms with Crippen molar-refractivity contribution in [3.8, 4) is 12.3 Å². The number of rotatable bonds is 13. The smallest absolute Gasteiger partial charge is 0.322 e. The van der Waals surface area contributed by atoms with Crippen molar-refractivity contribution in [1.29, 1.82) is 5.26 Å². The summed E-state index contributed by atoms with van der Waals surface area (Å²) in [6, 6.07) is 13.2. The molecule has 2 fully saturated rings. The van der Waals surface area contributed by atoms with Crippen molar-refractivity contribution in [2.24, 2.45) is 17.6 Å². The maximum absolute atomic E-state index is 10.9. The molecule has 3 N–H and O–H groups in total. The van der Waals surface area contributed by atoms with E-state index in [0.717, 1.165) is 67.6 Å². The first kappa shape index (κ1) is 47.5. The fourth-order valence-electron chi connectivity index (χ4n) is 4.56. The van der Waals surface area contributed by atoms with Crippen LogP contribution in [0.5, 0.6) is 5.75 Å². The van der Waals surface area contributed by atoms with E-state index in [1.807, 2.05) is 48.0 Å². The van der Waals surface area contributed by atoms with Crippen LogP contribution in [0.15, 0.2) is 48.8 Å². The Kier molecular flexibility index (Phi) is 26.4. The van der Waals surface area contributed by atoms with Crippen LogP contribution in [0, 0.1) is 23.7 Å². The standard InChI is InChI=1S/C18H21N4O3P.C9H19NO2.C5H8O.CHN.3CH4/c1-19-18-16-9-8-15(22(16)21-12-20-18)17-10-7-14(24-17)11-23-26-25-13-5-3-2-4-6-13;1-4-8(5-2)6-12-9(11)7(3)10;6-4-5-2-1-3-5;1-2;;;/h2-6,8-9,12,14,17,26H,7,10-11H2,1H3,(H,19,20,21);7-8H,4-6,10H2,1-3H3;4-5H,1-3H2;1H;3*1H4. The van der Waals surface area contributed by atoms with Crippen LogP contribution in [0.25, 0.3) is 5.52 Å². The van der Waals surface area contributed by atoms with Gasteiger partial charge in [0, 0.05) is 19.5 Å². The fourth-order valence-corrected chi connectivity index (χ4v) is 5.11. The second-order valence-electron chi connectivity index (χ2n) is 11.0. The van der Waals surface area contributed by atoms with Gasteiger partial charge in [0.2, 0.25) is 9.03 Å². The topological polar surface area (TPSA) is 163 Å². The van der Waals surface area contributed by atoms with Crippen LogP contribution in [0.2, 0.25) is 0 Å². The molecule has 13 heteroatoms. The predicted molar refractivity (Wildman–Crippen MR) is 200 cm³/mol.